The highest BCUT2D eigenvalue weighted by atomic mass is 16.5. The lowest BCUT2D eigenvalue weighted by atomic mass is 10.1. The van der Waals surface area contributed by atoms with Crippen molar-refractivity contribution in [1.82, 2.24) is 9.78 Å². The van der Waals surface area contributed by atoms with Crippen molar-refractivity contribution in [1.29, 1.82) is 0 Å². The molecule has 0 N–H and O–H groups in total. The van der Waals surface area contributed by atoms with Crippen LogP contribution >= 0.6 is 0 Å². The van der Waals surface area contributed by atoms with Crippen LogP contribution in [0.4, 0.5) is 0 Å². The number of methoxy groups -OCH3 is 3. The Kier molecular flexibility index (Phi) is 5.57. The highest BCUT2D eigenvalue weighted by Gasteiger charge is 2.22. The first kappa shape index (κ1) is 17.5. The predicted molar refractivity (Wildman–Crippen MR) is 88.4 cm³/mol. The molecular formula is C17H20N2O5. The van der Waals surface area contributed by atoms with Crippen LogP contribution in [0, 0.1) is 0 Å². The number of nitrogens with zero attached hydrogens (tertiary/aromatic N) is 2. The van der Waals surface area contributed by atoms with E-state index in [0.717, 1.165) is 10.2 Å². The van der Waals surface area contributed by atoms with Crippen LogP contribution < -0.4 is 15.0 Å². The minimum absolute atomic E-state index is 0.364. The monoisotopic (exact) mass is 332 g/mol. The molecule has 0 saturated carbocycles. The smallest absolute Gasteiger partial charge is 0.330 e. The number of ether oxygens (including phenoxy) is 3. The lowest BCUT2D eigenvalue weighted by Crippen LogP contribution is -2.32. The molecule has 1 aromatic heterocycles. The SMILES string of the molecule is CC[C@@H](C(=O)OC)n1nc(-c2ccc(OC)c(OC)c2)ccc1=O. The van der Waals surface area contributed by atoms with Gasteiger partial charge in [0.15, 0.2) is 17.5 Å². The van der Waals surface area contributed by atoms with Crippen molar-refractivity contribution >= 4 is 5.97 Å². The number of rotatable bonds is 6. The summed E-state index contributed by atoms with van der Waals surface area (Å²) in [7, 11) is 4.38. The van der Waals surface area contributed by atoms with Crippen LogP contribution in [-0.2, 0) is 9.53 Å². The van der Waals surface area contributed by atoms with E-state index in [1.54, 1.807) is 45.4 Å². The Bertz CT molecular complexity index is 785. The molecule has 7 nitrogen and oxygen atoms in total. The quantitative estimate of drug-likeness (QED) is 0.753. The first-order chi connectivity index (χ1) is 11.5. The van der Waals surface area contributed by atoms with Crippen molar-refractivity contribution in [2.45, 2.75) is 19.4 Å². The van der Waals surface area contributed by atoms with Crippen LogP contribution in [0.2, 0.25) is 0 Å². The fourth-order valence-electron chi connectivity index (χ4n) is 2.37. The van der Waals surface area contributed by atoms with Gasteiger partial charge in [0, 0.05) is 11.6 Å². The molecular weight excluding hydrogens is 312 g/mol. The van der Waals surface area contributed by atoms with E-state index in [4.69, 9.17) is 14.2 Å². The second-order valence-electron chi connectivity index (χ2n) is 5.02. The summed E-state index contributed by atoms with van der Waals surface area (Å²) in [6.45, 7) is 1.79. The molecule has 24 heavy (non-hydrogen) atoms. The van der Waals surface area contributed by atoms with E-state index >= 15 is 0 Å². The molecule has 0 spiro atoms. The molecule has 0 bridgehead atoms. The predicted octanol–water partition coefficient (Wildman–Crippen LogP) is 2.05. The summed E-state index contributed by atoms with van der Waals surface area (Å²) in [5.74, 6) is 0.640. The van der Waals surface area contributed by atoms with Gasteiger partial charge >= 0.3 is 5.97 Å². The summed E-state index contributed by atoms with van der Waals surface area (Å²) in [4.78, 5) is 24.0. The van der Waals surface area contributed by atoms with Crippen molar-refractivity contribution in [3.63, 3.8) is 0 Å². The van der Waals surface area contributed by atoms with Crippen LogP contribution in [0.15, 0.2) is 35.1 Å². The third kappa shape index (κ3) is 3.40. The molecule has 1 heterocycles. The van der Waals surface area contributed by atoms with Gasteiger partial charge in [0.25, 0.3) is 5.56 Å². The van der Waals surface area contributed by atoms with Crippen LogP contribution in [0.1, 0.15) is 19.4 Å². The van der Waals surface area contributed by atoms with E-state index in [1.807, 2.05) is 0 Å². The summed E-state index contributed by atoms with van der Waals surface area (Å²) >= 11 is 0. The van der Waals surface area contributed by atoms with Crippen molar-refractivity contribution in [2.75, 3.05) is 21.3 Å². The molecule has 0 saturated heterocycles. The number of aromatic nitrogens is 2. The van der Waals surface area contributed by atoms with Crippen molar-refractivity contribution in [2.24, 2.45) is 0 Å². The summed E-state index contributed by atoms with van der Waals surface area (Å²) in [5, 5.41) is 4.32. The van der Waals surface area contributed by atoms with Crippen molar-refractivity contribution < 1.29 is 19.0 Å². The van der Waals surface area contributed by atoms with Crippen molar-refractivity contribution in [3.8, 4) is 22.8 Å². The number of benzene rings is 1. The van der Waals surface area contributed by atoms with E-state index in [9.17, 15) is 9.59 Å². The summed E-state index contributed by atoms with van der Waals surface area (Å²) in [6, 6.07) is 7.53. The average Bonchev–Trinajstić information content (AvgIpc) is 2.62. The van der Waals surface area contributed by atoms with E-state index in [0.29, 0.717) is 23.6 Å². The highest BCUT2D eigenvalue weighted by Crippen LogP contribution is 2.31. The van der Waals surface area contributed by atoms with Crippen LogP contribution in [0.5, 0.6) is 11.5 Å². The van der Waals surface area contributed by atoms with E-state index < -0.39 is 12.0 Å². The molecule has 0 fully saturated rings. The number of hydrogen-bond donors (Lipinski definition) is 0. The molecule has 0 amide bonds. The maximum absolute atomic E-state index is 12.1. The maximum atomic E-state index is 12.1. The van der Waals surface area contributed by atoms with E-state index in [1.165, 1.54) is 13.2 Å². The Morgan fingerprint density at radius 2 is 1.83 bits per heavy atom. The zero-order chi connectivity index (χ0) is 17.7. The van der Waals surface area contributed by atoms with Crippen LogP contribution in [0.3, 0.4) is 0 Å². The number of carbonyl (C=O) groups is 1. The van der Waals surface area contributed by atoms with Gasteiger partial charge in [0.1, 0.15) is 0 Å². The summed E-state index contributed by atoms with van der Waals surface area (Å²) in [6.07, 6.45) is 0.398. The number of carbonyl (C=O) groups excluding carboxylic acids is 1. The number of hydrogen-bond acceptors (Lipinski definition) is 6. The highest BCUT2D eigenvalue weighted by molar-refractivity contribution is 5.74. The Morgan fingerprint density at radius 3 is 2.42 bits per heavy atom. The van der Waals surface area contributed by atoms with Crippen molar-refractivity contribution in [3.05, 3.63) is 40.7 Å². The fraction of sp³-hybridized carbons (Fsp3) is 0.353. The van der Waals surface area contributed by atoms with Gasteiger partial charge in [-0.25, -0.2) is 9.48 Å². The molecule has 128 valence electrons. The topological polar surface area (TPSA) is 79.7 Å². The lowest BCUT2D eigenvalue weighted by Gasteiger charge is -2.15. The maximum Gasteiger partial charge on any atom is 0.330 e. The van der Waals surface area contributed by atoms with Crippen LogP contribution in [-0.4, -0.2) is 37.1 Å². The van der Waals surface area contributed by atoms with E-state index in [-0.39, 0.29) is 5.56 Å². The molecule has 2 aromatic rings. The fourth-order valence-corrected chi connectivity index (χ4v) is 2.37. The Balaban J connectivity index is 2.52. The Labute approximate surface area is 139 Å². The molecule has 0 aliphatic rings. The molecule has 2 rings (SSSR count). The molecule has 7 heteroatoms. The third-order valence-corrected chi connectivity index (χ3v) is 3.66. The van der Waals surface area contributed by atoms with Gasteiger partial charge in [-0.1, -0.05) is 6.92 Å². The molecule has 0 unspecified atom stereocenters. The lowest BCUT2D eigenvalue weighted by molar-refractivity contribution is -0.145. The second kappa shape index (κ2) is 7.63. The third-order valence-electron chi connectivity index (χ3n) is 3.66. The average molecular weight is 332 g/mol. The first-order valence-electron chi connectivity index (χ1n) is 7.45. The minimum Gasteiger partial charge on any atom is -0.493 e. The Hall–Kier alpha value is -2.83. The number of esters is 1. The van der Waals surface area contributed by atoms with E-state index in [2.05, 4.69) is 5.10 Å². The van der Waals surface area contributed by atoms with Gasteiger partial charge in [-0.15, -0.1) is 0 Å². The van der Waals surface area contributed by atoms with Gasteiger partial charge in [-0.05, 0) is 30.7 Å². The van der Waals surface area contributed by atoms with Gasteiger partial charge in [-0.2, -0.15) is 5.10 Å². The molecule has 0 aliphatic heterocycles. The summed E-state index contributed by atoms with van der Waals surface area (Å²) < 4.78 is 16.4. The summed E-state index contributed by atoms with van der Waals surface area (Å²) in [5.41, 5.74) is 0.913. The zero-order valence-corrected chi connectivity index (χ0v) is 14.1. The zero-order valence-electron chi connectivity index (χ0n) is 14.1. The molecule has 1 atom stereocenters. The van der Waals surface area contributed by atoms with Gasteiger partial charge in [-0.3, -0.25) is 4.79 Å². The standard InChI is InChI=1S/C17H20N2O5/c1-5-13(17(21)24-4)19-16(20)9-7-12(18-19)11-6-8-14(22-2)15(10-11)23-3/h6-10,13H,5H2,1-4H3/t13-/m0/s1. The first-order valence-corrected chi connectivity index (χ1v) is 7.45. The van der Waals surface area contributed by atoms with Gasteiger partial charge < -0.3 is 14.2 Å². The molecule has 0 radical (unpaired) electrons. The normalized spacial score (nSPS) is 11.7. The minimum atomic E-state index is -0.761. The second-order valence-corrected chi connectivity index (χ2v) is 5.02. The van der Waals surface area contributed by atoms with Gasteiger partial charge in [0.2, 0.25) is 0 Å². The molecule has 1 aromatic carbocycles. The Morgan fingerprint density at radius 1 is 1.12 bits per heavy atom. The molecule has 0 aliphatic carbocycles. The largest absolute Gasteiger partial charge is 0.493 e. The van der Waals surface area contributed by atoms with Crippen LogP contribution in [0.25, 0.3) is 11.3 Å². The van der Waals surface area contributed by atoms with Gasteiger partial charge in [0.05, 0.1) is 27.0 Å².